The van der Waals surface area contributed by atoms with Crippen molar-refractivity contribution in [1.29, 1.82) is 0 Å². The van der Waals surface area contributed by atoms with Crippen LogP contribution in [0.5, 0.6) is 0 Å². The predicted molar refractivity (Wildman–Crippen MR) is 173 cm³/mol. The highest BCUT2D eigenvalue weighted by molar-refractivity contribution is 5.87. The van der Waals surface area contributed by atoms with Crippen LogP contribution in [0.25, 0.3) is 6.08 Å². The summed E-state index contributed by atoms with van der Waals surface area (Å²) in [6.07, 6.45) is 12.6. The second-order valence-corrected chi connectivity index (χ2v) is 17.3. The van der Waals surface area contributed by atoms with Gasteiger partial charge in [-0.25, -0.2) is 4.79 Å². The van der Waals surface area contributed by atoms with E-state index in [1.54, 1.807) is 6.08 Å². The zero-order chi connectivity index (χ0) is 31.9. The fraction of sp³-hybridized carbons (Fsp3) is 0.692. The van der Waals surface area contributed by atoms with Gasteiger partial charge in [-0.1, -0.05) is 90.4 Å². The fourth-order valence-corrected chi connectivity index (χ4v) is 11.7. The molecule has 0 aliphatic heterocycles. The number of carboxylic acid groups (broad SMARTS) is 1. The van der Waals surface area contributed by atoms with Crippen LogP contribution < -0.4 is 0 Å². The molecule has 5 aliphatic rings. The lowest BCUT2D eigenvalue weighted by Gasteiger charge is -2.71. The molecule has 0 spiro atoms. The second kappa shape index (κ2) is 10.3. The smallest absolute Gasteiger partial charge is 0.331 e. The third-order valence-corrected chi connectivity index (χ3v) is 14.7. The van der Waals surface area contributed by atoms with Gasteiger partial charge in [0, 0.05) is 17.9 Å². The maximum absolute atomic E-state index is 13.3. The van der Waals surface area contributed by atoms with Crippen molar-refractivity contribution in [3.05, 3.63) is 53.6 Å². The minimum Gasteiger partial charge on any atom is -0.481 e. The maximum Gasteiger partial charge on any atom is 0.331 e. The number of carbonyl (C=O) groups excluding carboxylic acids is 1. The molecule has 2 N–H and O–H groups in total. The Hall–Kier alpha value is -2.40. The highest BCUT2D eigenvalue weighted by Gasteiger charge is 2.70. The summed E-state index contributed by atoms with van der Waals surface area (Å²) in [5.41, 5.74) is 1.05. The minimum atomic E-state index is -0.934. The molecule has 44 heavy (non-hydrogen) atoms. The lowest BCUT2D eigenvalue weighted by molar-refractivity contribution is -0.210. The molecule has 5 heteroatoms. The Morgan fingerprint density at radius 1 is 0.886 bits per heavy atom. The summed E-state index contributed by atoms with van der Waals surface area (Å²) in [6, 6.07) is 9.67. The van der Waals surface area contributed by atoms with Crippen LogP contribution in [0.4, 0.5) is 0 Å². The molecule has 4 saturated carbocycles. The van der Waals surface area contributed by atoms with Crippen molar-refractivity contribution in [2.75, 3.05) is 0 Å². The van der Waals surface area contributed by atoms with E-state index in [0.717, 1.165) is 44.1 Å². The zero-order valence-electron chi connectivity index (χ0n) is 28.0. The van der Waals surface area contributed by atoms with Crippen LogP contribution in [0.3, 0.4) is 0 Å². The van der Waals surface area contributed by atoms with Crippen LogP contribution in [0.1, 0.15) is 112 Å². The van der Waals surface area contributed by atoms with Crippen LogP contribution in [0.15, 0.2) is 48.1 Å². The normalized spacial score (nSPS) is 43.9. The van der Waals surface area contributed by atoms with Crippen molar-refractivity contribution in [3.8, 4) is 0 Å². The Morgan fingerprint density at radius 3 is 2.27 bits per heavy atom. The van der Waals surface area contributed by atoms with Crippen molar-refractivity contribution >= 4 is 18.0 Å². The minimum absolute atomic E-state index is 0.0705. The number of fused-ring (bicyclic) bond motifs is 7. The summed E-state index contributed by atoms with van der Waals surface area (Å²) >= 11 is 0. The summed E-state index contributed by atoms with van der Waals surface area (Å²) in [7, 11) is 0. The molecule has 1 aromatic carbocycles. The second-order valence-electron chi connectivity index (χ2n) is 17.3. The molecule has 1 aromatic rings. The highest BCUT2D eigenvalue weighted by Crippen LogP contribution is 2.75. The first kappa shape index (κ1) is 31.6. The van der Waals surface area contributed by atoms with E-state index in [0.29, 0.717) is 31.1 Å². The number of aliphatic hydroxyl groups is 1. The van der Waals surface area contributed by atoms with Crippen LogP contribution in [-0.2, 0) is 14.3 Å². The van der Waals surface area contributed by atoms with Crippen LogP contribution in [0.2, 0.25) is 0 Å². The summed E-state index contributed by atoms with van der Waals surface area (Å²) < 4.78 is 6.09. The van der Waals surface area contributed by atoms with Gasteiger partial charge in [0.2, 0.25) is 0 Å². The Morgan fingerprint density at radius 2 is 1.59 bits per heavy atom. The topological polar surface area (TPSA) is 83.8 Å². The Labute approximate surface area is 264 Å². The molecule has 0 aromatic heterocycles. The maximum atomic E-state index is 13.3. The number of ether oxygens (including phenoxy) is 1. The number of aliphatic hydroxyl groups excluding tert-OH is 1. The number of hydrogen-bond acceptors (Lipinski definition) is 4. The first-order chi connectivity index (χ1) is 20.5. The number of carboxylic acids is 1. The van der Waals surface area contributed by atoms with Gasteiger partial charge in [0.1, 0.15) is 6.10 Å². The van der Waals surface area contributed by atoms with Gasteiger partial charge in [-0.05, 0) is 102 Å². The van der Waals surface area contributed by atoms with Crippen molar-refractivity contribution in [2.24, 2.45) is 50.2 Å². The largest absolute Gasteiger partial charge is 0.481 e. The fourth-order valence-electron chi connectivity index (χ4n) is 11.7. The van der Waals surface area contributed by atoms with Crippen molar-refractivity contribution in [2.45, 2.75) is 118 Å². The van der Waals surface area contributed by atoms with E-state index in [9.17, 15) is 19.8 Å². The number of hydrogen-bond donors (Lipinski definition) is 2. The molecule has 0 saturated heterocycles. The van der Waals surface area contributed by atoms with Gasteiger partial charge in [0.15, 0.2) is 0 Å². The molecule has 0 bridgehead atoms. The molecular weight excluding hydrogens is 548 g/mol. The van der Waals surface area contributed by atoms with E-state index in [1.807, 2.05) is 30.3 Å². The standard InChI is InChI=1S/C39H54O5/c1-34(2)23-27-26-14-15-29-36(5)19-18-30(40)35(3,4)28(36)17-20-38(29,7)37(26,6)21-22-39(27,33(42)43)24-31(34)44-32(41)16-13-25-11-9-8-10-12-25/h8-14,16,27-31,40H,15,17-24H2,1-7H3,(H,42,43)/t27-,28+,29-,30+,31+,36+,37-,38-,39-/m1/s1. The molecule has 5 nitrogen and oxygen atoms in total. The van der Waals surface area contributed by atoms with E-state index in [4.69, 9.17) is 4.74 Å². The molecule has 0 heterocycles. The number of benzene rings is 1. The van der Waals surface area contributed by atoms with Gasteiger partial charge in [-0.15, -0.1) is 0 Å². The quantitative estimate of drug-likeness (QED) is 0.205. The first-order valence-electron chi connectivity index (χ1n) is 17.1. The average Bonchev–Trinajstić information content (AvgIpc) is 2.95. The number of esters is 1. The van der Waals surface area contributed by atoms with E-state index in [-0.39, 0.29) is 39.1 Å². The van der Waals surface area contributed by atoms with E-state index >= 15 is 0 Å². The van der Waals surface area contributed by atoms with Gasteiger partial charge in [-0.2, -0.15) is 0 Å². The van der Waals surface area contributed by atoms with Crippen molar-refractivity contribution in [1.82, 2.24) is 0 Å². The predicted octanol–water partition coefficient (Wildman–Crippen LogP) is 8.47. The summed E-state index contributed by atoms with van der Waals surface area (Å²) in [4.78, 5) is 26.4. The zero-order valence-corrected chi connectivity index (χ0v) is 28.0. The monoisotopic (exact) mass is 602 g/mol. The summed E-state index contributed by atoms with van der Waals surface area (Å²) in [5, 5.41) is 21.9. The van der Waals surface area contributed by atoms with Gasteiger partial charge in [-0.3, -0.25) is 4.79 Å². The molecule has 240 valence electrons. The summed E-state index contributed by atoms with van der Waals surface area (Å²) in [6.45, 7) is 16.3. The van der Waals surface area contributed by atoms with Crippen LogP contribution in [0, 0.1) is 50.2 Å². The summed E-state index contributed by atoms with van der Waals surface area (Å²) in [5.74, 6) is -0.237. The Kier molecular flexibility index (Phi) is 7.40. The molecule has 9 atom stereocenters. The lowest BCUT2D eigenvalue weighted by atomic mass is 9.33. The molecular formula is C39H54O5. The van der Waals surface area contributed by atoms with Gasteiger partial charge < -0.3 is 14.9 Å². The lowest BCUT2D eigenvalue weighted by Crippen LogP contribution is -2.65. The molecule has 0 radical (unpaired) electrons. The number of rotatable bonds is 4. The van der Waals surface area contributed by atoms with E-state index in [1.165, 1.54) is 11.6 Å². The SMILES string of the molecule is CC1(C)C[C@@H]2C3=CC[C@@H]4[C@@]5(C)CC[C@H](O)C(C)(C)[C@@H]5CC[C@@]4(C)[C@]3(C)CC[C@@]2(C(=O)O)C[C@@H]1OC(=O)C=Cc1ccccc1. The molecule has 0 unspecified atom stereocenters. The van der Waals surface area contributed by atoms with Crippen LogP contribution in [-0.4, -0.2) is 34.4 Å². The van der Waals surface area contributed by atoms with Crippen molar-refractivity contribution < 1.29 is 24.5 Å². The van der Waals surface area contributed by atoms with E-state index in [2.05, 4.69) is 54.5 Å². The molecule has 6 rings (SSSR count). The molecule has 5 aliphatic carbocycles. The molecule has 4 fully saturated rings. The van der Waals surface area contributed by atoms with Gasteiger partial charge >= 0.3 is 11.9 Å². The van der Waals surface area contributed by atoms with Crippen LogP contribution >= 0.6 is 0 Å². The highest BCUT2D eigenvalue weighted by atomic mass is 16.5. The number of allylic oxidation sites excluding steroid dienone is 2. The third kappa shape index (κ3) is 4.42. The number of aliphatic carboxylic acids is 1. The first-order valence-corrected chi connectivity index (χ1v) is 17.1. The third-order valence-electron chi connectivity index (χ3n) is 14.7. The van der Waals surface area contributed by atoms with Gasteiger partial charge in [0.25, 0.3) is 0 Å². The Balaban J connectivity index is 1.31. The van der Waals surface area contributed by atoms with Gasteiger partial charge in [0.05, 0.1) is 11.5 Å². The molecule has 0 amide bonds. The number of carbonyl (C=O) groups is 2. The Bertz CT molecular complexity index is 1370. The van der Waals surface area contributed by atoms with E-state index < -0.39 is 23.5 Å². The van der Waals surface area contributed by atoms with Crippen molar-refractivity contribution in [3.63, 3.8) is 0 Å². The average molecular weight is 603 g/mol.